The van der Waals surface area contributed by atoms with Crippen LogP contribution in [0.1, 0.15) is 29.7 Å². The fourth-order valence-corrected chi connectivity index (χ4v) is 7.52. The Hall–Kier alpha value is -5.58. The van der Waals surface area contributed by atoms with Crippen LogP contribution < -0.4 is 34.4 Å². The number of thiazole rings is 1. The molecule has 252 valence electrons. The first kappa shape index (κ1) is 32.9. The first-order chi connectivity index (χ1) is 24.3. The molecule has 9 nitrogen and oxygen atoms in total. The summed E-state index contributed by atoms with van der Waals surface area (Å²) in [6.07, 6.45) is 3.96. The number of nitrogens with zero attached hydrogens (tertiary/aromatic N) is 3. The fraction of sp³-hybridized carbons (Fsp3) is 0.154. The van der Waals surface area contributed by atoms with Crippen LogP contribution in [0.2, 0.25) is 5.02 Å². The van der Waals surface area contributed by atoms with E-state index in [1.807, 2.05) is 66.7 Å². The van der Waals surface area contributed by atoms with Gasteiger partial charge in [-0.1, -0.05) is 71.5 Å². The molecule has 6 aromatic rings. The van der Waals surface area contributed by atoms with Gasteiger partial charge >= 0.3 is 0 Å². The monoisotopic (exact) mass is 704 g/mol. The molecule has 11 heteroatoms. The van der Waals surface area contributed by atoms with Crippen LogP contribution in [-0.2, 0) is 11.3 Å². The van der Waals surface area contributed by atoms with Gasteiger partial charge in [-0.3, -0.25) is 14.2 Å². The maximum Gasteiger partial charge on any atom is 0.271 e. The van der Waals surface area contributed by atoms with Crippen LogP contribution in [0.3, 0.4) is 0 Å². The second-order valence-electron chi connectivity index (χ2n) is 11.7. The van der Waals surface area contributed by atoms with Gasteiger partial charge in [0.15, 0.2) is 16.3 Å². The van der Waals surface area contributed by atoms with Gasteiger partial charge in [-0.2, -0.15) is 0 Å². The highest BCUT2D eigenvalue weighted by Gasteiger charge is 2.34. The molecule has 2 aromatic heterocycles. The molecule has 0 aliphatic carbocycles. The molecule has 0 bridgehead atoms. The lowest BCUT2D eigenvalue weighted by molar-refractivity contribution is -0.113. The lowest BCUT2D eigenvalue weighted by Gasteiger charge is -2.26. The van der Waals surface area contributed by atoms with Crippen molar-refractivity contribution in [3.05, 3.63) is 150 Å². The number of aromatic nitrogens is 2. The van der Waals surface area contributed by atoms with Crippen molar-refractivity contribution in [1.29, 1.82) is 0 Å². The van der Waals surface area contributed by atoms with Crippen LogP contribution in [-0.4, -0.2) is 36.4 Å². The Balaban J connectivity index is 1.40. The van der Waals surface area contributed by atoms with Crippen LogP contribution >= 0.6 is 22.9 Å². The minimum absolute atomic E-state index is 0.278. The van der Waals surface area contributed by atoms with Crippen LogP contribution in [0, 0.1) is 0 Å². The molecule has 0 unspecified atom stereocenters. The molecule has 1 atom stereocenters. The summed E-state index contributed by atoms with van der Waals surface area (Å²) in [5.74, 6) is 0.817. The molecule has 0 saturated heterocycles. The van der Waals surface area contributed by atoms with E-state index in [0.717, 1.165) is 22.0 Å². The molecular weight excluding hydrogens is 672 g/mol. The van der Waals surface area contributed by atoms with Gasteiger partial charge < -0.3 is 24.1 Å². The summed E-state index contributed by atoms with van der Waals surface area (Å²) in [6, 6.07) is 27.7. The van der Waals surface area contributed by atoms with Gasteiger partial charge in [-0.15, -0.1) is 0 Å². The Morgan fingerprint density at radius 3 is 2.30 bits per heavy atom. The van der Waals surface area contributed by atoms with Gasteiger partial charge in [0, 0.05) is 39.9 Å². The third-order valence-corrected chi connectivity index (χ3v) is 9.91. The third-order valence-electron chi connectivity index (χ3n) is 8.67. The summed E-state index contributed by atoms with van der Waals surface area (Å²) >= 11 is 7.41. The molecule has 4 aromatic carbocycles. The standard InChI is InChI=1S/C39H33ClN4O5S/c1-23-34(37(45)42-28-10-6-5-7-11-28)35(25-18-31(47-2)36(49-4)32(19-25)48-3)44-38(46)33(50-39(44)41-23)20-26-22-43(30-13-9-8-12-29(26)30)21-24-14-16-27(40)17-15-24/h5-20,22,35H,21H2,1-4H3,(H,42,45)/b33-20-/t35-/m0/s1. The molecule has 1 aliphatic rings. The summed E-state index contributed by atoms with van der Waals surface area (Å²) in [6.45, 7) is 2.42. The number of benzene rings is 4. The number of allylic oxidation sites excluding steroid dienone is 1. The van der Waals surface area contributed by atoms with E-state index in [4.69, 9.17) is 30.8 Å². The number of amides is 1. The smallest absolute Gasteiger partial charge is 0.271 e. The van der Waals surface area contributed by atoms with Gasteiger partial charge in [0.1, 0.15) is 0 Å². The average molecular weight is 705 g/mol. The van der Waals surface area contributed by atoms with Crippen LogP contribution in [0.4, 0.5) is 5.69 Å². The number of rotatable bonds is 9. The number of ether oxygens (including phenoxy) is 3. The molecule has 7 rings (SSSR count). The number of fused-ring (bicyclic) bond motifs is 2. The normalized spacial score (nSPS) is 14.3. The number of hydrogen-bond donors (Lipinski definition) is 1. The second kappa shape index (κ2) is 13.7. The van der Waals surface area contributed by atoms with Gasteiger partial charge in [0.05, 0.1) is 43.2 Å². The van der Waals surface area contributed by atoms with Crippen molar-refractivity contribution in [2.45, 2.75) is 19.5 Å². The van der Waals surface area contributed by atoms with Crippen molar-refractivity contribution in [3.8, 4) is 17.2 Å². The number of para-hydroxylation sites is 2. The Bertz CT molecular complexity index is 2440. The highest BCUT2D eigenvalue weighted by Crippen LogP contribution is 2.42. The Morgan fingerprint density at radius 2 is 1.62 bits per heavy atom. The number of anilines is 1. The van der Waals surface area contributed by atoms with Gasteiger partial charge in [-0.05, 0) is 66.6 Å². The van der Waals surface area contributed by atoms with E-state index < -0.39 is 6.04 Å². The average Bonchev–Trinajstić information content (AvgIpc) is 3.63. The first-order valence-corrected chi connectivity index (χ1v) is 17.0. The summed E-state index contributed by atoms with van der Waals surface area (Å²) < 4.78 is 21.2. The van der Waals surface area contributed by atoms with E-state index in [1.54, 1.807) is 35.8 Å². The molecule has 0 fully saturated rings. The molecule has 1 amide bonds. The van der Waals surface area contributed by atoms with Gasteiger partial charge in [-0.25, -0.2) is 4.99 Å². The van der Waals surface area contributed by atoms with Crippen molar-refractivity contribution in [2.75, 3.05) is 26.6 Å². The first-order valence-electron chi connectivity index (χ1n) is 15.8. The lowest BCUT2D eigenvalue weighted by Crippen LogP contribution is -2.40. The molecule has 0 spiro atoms. The predicted octanol–water partition coefficient (Wildman–Crippen LogP) is 6.56. The number of carbonyl (C=O) groups is 1. The number of carbonyl (C=O) groups excluding carboxylic acids is 1. The molecular formula is C39H33ClN4O5S. The highest BCUT2D eigenvalue weighted by molar-refractivity contribution is 7.07. The molecule has 3 heterocycles. The highest BCUT2D eigenvalue weighted by atomic mass is 35.5. The summed E-state index contributed by atoms with van der Waals surface area (Å²) in [5.41, 5.74) is 4.77. The maximum absolute atomic E-state index is 14.6. The van der Waals surface area contributed by atoms with Crippen LogP contribution in [0.15, 0.2) is 118 Å². The van der Waals surface area contributed by atoms with Crippen LogP contribution in [0.25, 0.3) is 17.0 Å². The maximum atomic E-state index is 14.6. The van der Waals surface area contributed by atoms with Gasteiger partial charge in [0.2, 0.25) is 5.75 Å². The molecule has 0 saturated carbocycles. The minimum Gasteiger partial charge on any atom is -0.493 e. The number of nitrogens with one attached hydrogen (secondary N) is 1. The zero-order valence-electron chi connectivity index (χ0n) is 27.8. The molecule has 0 radical (unpaired) electrons. The van der Waals surface area contributed by atoms with E-state index in [2.05, 4.69) is 22.1 Å². The van der Waals surface area contributed by atoms with E-state index >= 15 is 0 Å². The van der Waals surface area contributed by atoms with E-state index in [-0.39, 0.29) is 11.5 Å². The summed E-state index contributed by atoms with van der Waals surface area (Å²) in [7, 11) is 4.58. The Morgan fingerprint density at radius 1 is 0.940 bits per heavy atom. The SMILES string of the molecule is COc1cc([C@H]2C(C(=O)Nc3ccccc3)=C(C)N=c3s/c(=C\c4cn(Cc5ccc(Cl)cc5)c5ccccc45)c(=O)n32)cc(OC)c1OC. The summed E-state index contributed by atoms with van der Waals surface area (Å²) in [4.78, 5) is 33.9. The van der Waals surface area contributed by atoms with Crippen molar-refractivity contribution >= 4 is 51.5 Å². The van der Waals surface area contributed by atoms with E-state index in [0.29, 0.717) is 60.7 Å². The minimum atomic E-state index is -0.850. The van der Waals surface area contributed by atoms with Crippen LogP contribution in [0.5, 0.6) is 17.2 Å². The second-order valence-corrected chi connectivity index (χ2v) is 13.2. The number of hydrogen-bond acceptors (Lipinski definition) is 7. The molecule has 1 N–H and O–H groups in total. The molecule has 50 heavy (non-hydrogen) atoms. The topological polar surface area (TPSA) is 96.1 Å². The number of methoxy groups -OCH3 is 3. The van der Waals surface area contributed by atoms with E-state index in [9.17, 15) is 9.59 Å². The zero-order chi connectivity index (χ0) is 34.9. The third kappa shape index (κ3) is 6.08. The quantitative estimate of drug-likeness (QED) is 0.184. The van der Waals surface area contributed by atoms with Crippen molar-refractivity contribution in [2.24, 2.45) is 4.99 Å². The number of halogens is 1. The summed E-state index contributed by atoms with van der Waals surface area (Å²) in [5, 5.41) is 4.68. The van der Waals surface area contributed by atoms with E-state index in [1.165, 1.54) is 32.7 Å². The zero-order valence-corrected chi connectivity index (χ0v) is 29.3. The van der Waals surface area contributed by atoms with Crippen molar-refractivity contribution in [3.63, 3.8) is 0 Å². The molecule has 1 aliphatic heterocycles. The van der Waals surface area contributed by atoms with Crippen molar-refractivity contribution < 1.29 is 19.0 Å². The fourth-order valence-electron chi connectivity index (χ4n) is 6.36. The Labute approximate surface area is 297 Å². The predicted molar refractivity (Wildman–Crippen MR) is 197 cm³/mol. The largest absolute Gasteiger partial charge is 0.493 e. The lowest BCUT2D eigenvalue weighted by atomic mass is 9.94. The van der Waals surface area contributed by atoms with Crippen molar-refractivity contribution in [1.82, 2.24) is 9.13 Å². The van der Waals surface area contributed by atoms with Gasteiger partial charge in [0.25, 0.3) is 11.5 Å². The Kier molecular flexibility index (Phi) is 9.05.